The molecule has 0 aliphatic carbocycles. The number of fused-ring (bicyclic) bond motifs is 1. The van der Waals surface area contributed by atoms with Crippen molar-refractivity contribution >= 4 is 45.0 Å². The molecule has 2 aliphatic rings. The van der Waals surface area contributed by atoms with Gasteiger partial charge in [-0.3, -0.25) is 9.69 Å². The first-order valence-electron chi connectivity index (χ1n) is 14.9. The third kappa shape index (κ3) is 6.91. The number of hydrogen-bond donors (Lipinski definition) is 1. The van der Waals surface area contributed by atoms with Crippen LogP contribution >= 0.6 is 33.9 Å². The number of aliphatic carboxylic acids is 1. The fraction of sp³-hybridized carbons (Fsp3) is 0.515. The molecule has 3 heterocycles. The second kappa shape index (κ2) is 13.4. The summed E-state index contributed by atoms with van der Waals surface area (Å²) in [5, 5.41) is 12.5. The smallest absolute Gasteiger partial charge is 0.306 e. The van der Waals surface area contributed by atoms with Crippen LogP contribution < -0.4 is 9.64 Å². The van der Waals surface area contributed by atoms with Gasteiger partial charge >= 0.3 is 5.97 Å². The monoisotopic (exact) mass is 687 g/mol. The Balaban J connectivity index is 1.30. The van der Waals surface area contributed by atoms with Crippen LogP contribution in [0, 0.1) is 25.7 Å². The highest BCUT2D eigenvalue weighted by Crippen LogP contribution is 2.37. The highest BCUT2D eigenvalue weighted by atomic mass is 127. The van der Waals surface area contributed by atoms with Crippen LogP contribution in [-0.4, -0.2) is 51.1 Å². The number of alkyl halides is 1. The molecule has 2 aromatic carbocycles. The molecule has 3 atom stereocenters. The Morgan fingerprint density at radius 2 is 2.07 bits per heavy atom. The number of hydrogen-bond acceptors (Lipinski definition) is 6. The molecule has 1 fully saturated rings. The van der Waals surface area contributed by atoms with Gasteiger partial charge in [0.05, 0.1) is 11.6 Å². The van der Waals surface area contributed by atoms with Gasteiger partial charge in [-0.15, -0.1) is 11.3 Å². The fourth-order valence-electron chi connectivity index (χ4n) is 6.48. The third-order valence-electron chi connectivity index (χ3n) is 8.88. The lowest BCUT2D eigenvalue weighted by Gasteiger charge is -2.36. The Labute approximate surface area is 262 Å². The number of carbonyl (C=O) groups is 1. The number of nitrogens with zero attached hydrogens (tertiary/aromatic N) is 3. The number of aromatic nitrogens is 1. The minimum atomic E-state index is -0.688. The zero-order valence-electron chi connectivity index (χ0n) is 24.7. The van der Waals surface area contributed by atoms with Gasteiger partial charge in [0.2, 0.25) is 0 Å². The predicted molar refractivity (Wildman–Crippen MR) is 177 cm³/mol. The van der Waals surface area contributed by atoms with Crippen molar-refractivity contribution in [3.8, 4) is 17.0 Å². The molecule has 0 bridgehead atoms. The second-order valence-corrected chi connectivity index (χ2v) is 13.7. The maximum absolute atomic E-state index is 11.5. The van der Waals surface area contributed by atoms with Crippen molar-refractivity contribution in [3.05, 3.63) is 63.5 Å². The number of piperidine rings is 1. The first-order valence-corrected chi connectivity index (χ1v) is 17.3. The first-order chi connectivity index (χ1) is 19.8. The number of anilines is 1. The Hall–Kier alpha value is -2.17. The van der Waals surface area contributed by atoms with Gasteiger partial charge in [0.1, 0.15) is 12.4 Å². The summed E-state index contributed by atoms with van der Waals surface area (Å²) >= 11 is 4.13. The maximum atomic E-state index is 11.5. The molecule has 8 heteroatoms. The van der Waals surface area contributed by atoms with Crippen molar-refractivity contribution in [1.29, 1.82) is 0 Å². The molecule has 1 saturated heterocycles. The summed E-state index contributed by atoms with van der Waals surface area (Å²) in [5.74, 6) is -0.0238. The van der Waals surface area contributed by atoms with Crippen molar-refractivity contribution in [2.24, 2.45) is 11.8 Å². The van der Waals surface area contributed by atoms with Crippen molar-refractivity contribution in [1.82, 2.24) is 9.88 Å². The lowest BCUT2D eigenvalue weighted by molar-refractivity contribution is -0.144. The standard InChI is InChI=1S/C33H42IN3O3S/c1-5-26(8-11-34)36-12-9-25-16-24(15-22(3)29(25)18-36)19-40-31-7-6-21(2)14-28(31)30-20-41-33(35-30)37-13-10-27(32(38)39)23(4)17-37/h6-7,14-16,20,23,26-27H,5,8-13,17-19H2,1-4H3,(H,38,39)/t23-,26?,27+/m1/s1. The molecule has 0 saturated carbocycles. The molecule has 0 spiro atoms. The van der Waals surface area contributed by atoms with Gasteiger partial charge in [-0.05, 0) is 79.8 Å². The van der Waals surface area contributed by atoms with Crippen LogP contribution in [0.1, 0.15) is 60.9 Å². The molecule has 1 N–H and O–H groups in total. The minimum Gasteiger partial charge on any atom is -0.488 e. The van der Waals surface area contributed by atoms with Crippen LogP contribution in [0.5, 0.6) is 5.75 Å². The van der Waals surface area contributed by atoms with E-state index in [2.05, 4.69) is 88.9 Å². The molecule has 0 radical (unpaired) electrons. The van der Waals surface area contributed by atoms with E-state index in [0.29, 0.717) is 25.6 Å². The summed E-state index contributed by atoms with van der Waals surface area (Å²) in [4.78, 5) is 21.4. The third-order valence-corrected chi connectivity index (χ3v) is 10.4. The van der Waals surface area contributed by atoms with E-state index in [1.54, 1.807) is 11.3 Å². The number of halogens is 1. The lowest BCUT2D eigenvalue weighted by Crippen LogP contribution is -2.42. The summed E-state index contributed by atoms with van der Waals surface area (Å²) in [6.07, 6.45) is 4.23. The highest BCUT2D eigenvalue weighted by Gasteiger charge is 2.32. The molecule has 1 unspecified atom stereocenters. The first kappa shape index (κ1) is 30.3. The van der Waals surface area contributed by atoms with Gasteiger partial charge in [-0.1, -0.05) is 60.2 Å². The summed E-state index contributed by atoms with van der Waals surface area (Å²) in [5.41, 5.74) is 8.64. The van der Waals surface area contributed by atoms with Crippen LogP contribution in [-0.2, 0) is 24.4 Å². The fourth-order valence-corrected chi connectivity index (χ4v) is 8.06. The SMILES string of the molecule is CCC(CCI)N1CCc2cc(COc3ccc(C)cc3-c3csc(N4CC[C@H](C(=O)O)[C@H](C)C4)n3)cc(C)c2C1. The topological polar surface area (TPSA) is 65.9 Å². The average molecular weight is 688 g/mol. The van der Waals surface area contributed by atoms with Gasteiger partial charge in [-0.2, -0.15) is 0 Å². The Morgan fingerprint density at radius 3 is 2.80 bits per heavy atom. The lowest BCUT2D eigenvalue weighted by atomic mass is 9.87. The van der Waals surface area contributed by atoms with Crippen LogP contribution in [0.25, 0.3) is 11.3 Å². The minimum absolute atomic E-state index is 0.0960. The summed E-state index contributed by atoms with van der Waals surface area (Å²) in [6, 6.07) is 11.6. The largest absolute Gasteiger partial charge is 0.488 e. The number of carboxylic acid groups (broad SMARTS) is 1. The molecular formula is C33H42IN3O3S. The normalized spacial score (nSPS) is 20.1. The van der Waals surface area contributed by atoms with Gasteiger partial charge in [0.15, 0.2) is 5.13 Å². The Morgan fingerprint density at radius 1 is 1.24 bits per heavy atom. The number of carboxylic acids is 1. The molecule has 3 aromatic rings. The van der Waals surface area contributed by atoms with E-state index in [9.17, 15) is 9.90 Å². The zero-order chi connectivity index (χ0) is 29.1. The Kier molecular flexibility index (Phi) is 9.92. The van der Waals surface area contributed by atoms with Crippen molar-refractivity contribution < 1.29 is 14.6 Å². The molecular weight excluding hydrogens is 645 g/mol. The van der Waals surface area contributed by atoms with E-state index in [-0.39, 0.29) is 11.8 Å². The molecule has 5 rings (SSSR count). The van der Waals surface area contributed by atoms with Crippen LogP contribution in [0.2, 0.25) is 0 Å². The van der Waals surface area contributed by atoms with E-state index >= 15 is 0 Å². The van der Waals surface area contributed by atoms with Gasteiger partial charge in [-0.25, -0.2) is 4.98 Å². The summed E-state index contributed by atoms with van der Waals surface area (Å²) < 4.78 is 7.69. The van der Waals surface area contributed by atoms with E-state index in [1.165, 1.54) is 45.1 Å². The zero-order valence-corrected chi connectivity index (χ0v) is 27.6. The van der Waals surface area contributed by atoms with Crippen molar-refractivity contribution in [2.45, 2.75) is 72.6 Å². The molecule has 1 aromatic heterocycles. The maximum Gasteiger partial charge on any atom is 0.306 e. The average Bonchev–Trinajstić information content (AvgIpc) is 3.45. The number of ether oxygens (including phenoxy) is 1. The number of thiazole rings is 1. The summed E-state index contributed by atoms with van der Waals surface area (Å²) in [6.45, 7) is 12.8. The Bertz CT molecular complexity index is 1380. The van der Waals surface area contributed by atoms with E-state index in [1.807, 2.05) is 6.92 Å². The van der Waals surface area contributed by atoms with Crippen LogP contribution in [0.4, 0.5) is 5.13 Å². The van der Waals surface area contributed by atoms with Crippen molar-refractivity contribution in [2.75, 3.05) is 29.0 Å². The van der Waals surface area contributed by atoms with Crippen LogP contribution in [0.3, 0.4) is 0 Å². The van der Waals surface area contributed by atoms with Gasteiger partial charge in [0, 0.05) is 47.6 Å². The predicted octanol–water partition coefficient (Wildman–Crippen LogP) is 7.51. The highest BCUT2D eigenvalue weighted by molar-refractivity contribution is 14.1. The molecule has 41 heavy (non-hydrogen) atoms. The van der Waals surface area contributed by atoms with E-state index < -0.39 is 5.97 Å². The molecule has 220 valence electrons. The van der Waals surface area contributed by atoms with Crippen LogP contribution in [0.15, 0.2) is 35.7 Å². The molecule has 2 aliphatic heterocycles. The summed E-state index contributed by atoms with van der Waals surface area (Å²) in [7, 11) is 0. The van der Waals surface area contributed by atoms with E-state index in [4.69, 9.17) is 9.72 Å². The van der Waals surface area contributed by atoms with Gasteiger partial charge < -0.3 is 14.7 Å². The second-order valence-electron chi connectivity index (χ2n) is 11.8. The molecule has 6 nitrogen and oxygen atoms in total. The quantitative estimate of drug-likeness (QED) is 0.176. The number of aryl methyl sites for hydroxylation is 2. The van der Waals surface area contributed by atoms with E-state index in [0.717, 1.165) is 48.2 Å². The number of benzene rings is 2. The number of rotatable bonds is 10. The molecule has 0 amide bonds. The van der Waals surface area contributed by atoms with Gasteiger partial charge in [0.25, 0.3) is 0 Å². The van der Waals surface area contributed by atoms with Crippen molar-refractivity contribution in [3.63, 3.8) is 0 Å².